The second-order valence-electron chi connectivity index (χ2n) is 9.09. The van der Waals surface area contributed by atoms with Gasteiger partial charge < -0.3 is 21.4 Å². The molecule has 0 radical (unpaired) electrons. The number of nitrogens with two attached hydrogens (primary N) is 2. The summed E-state index contributed by atoms with van der Waals surface area (Å²) >= 11 is 0. The second kappa shape index (κ2) is 9.43. The van der Waals surface area contributed by atoms with Gasteiger partial charge in [0.15, 0.2) is 5.78 Å². The summed E-state index contributed by atoms with van der Waals surface area (Å²) in [5, 5.41) is 0. The number of imidazole rings is 1. The van der Waals surface area contributed by atoms with Crippen LogP contribution in [-0.4, -0.2) is 41.7 Å². The molecular weight excluding hydrogens is 506 g/mol. The Hall–Kier alpha value is -4.48. The lowest BCUT2D eigenvalue weighted by atomic mass is 10.0. The quantitative estimate of drug-likeness (QED) is 0.254. The van der Waals surface area contributed by atoms with Crippen molar-refractivity contribution in [2.75, 3.05) is 17.2 Å². The zero-order valence-corrected chi connectivity index (χ0v) is 21.2. The van der Waals surface area contributed by atoms with Crippen molar-refractivity contribution < 1.29 is 18.0 Å². The van der Waals surface area contributed by atoms with Crippen molar-refractivity contribution in [1.29, 1.82) is 0 Å². The Labute approximate surface area is 218 Å². The Balaban J connectivity index is 1.43. The minimum atomic E-state index is -4.19. The Bertz CT molecular complexity index is 1740. The van der Waals surface area contributed by atoms with Crippen LogP contribution in [0.4, 0.5) is 11.4 Å². The first-order valence-corrected chi connectivity index (χ1v) is 13.3. The van der Waals surface area contributed by atoms with Gasteiger partial charge in [-0.2, -0.15) is 3.97 Å². The van der Waals surface area contributed by atoms with E-state index in [0.29, 0.717) is 45.0 Å². The zero-order chi connectivity index (χ0) is 27.2. The van der Waals surface area contributed by atoms with E-state index in [4.69, 9.17) is 11.5 Å². The number of H-pyrrole nitrogens is 1. The highest BCUT2D eigenvalue weighted by Gasteiger charge is 2.30. The summed E-state index contributed by atoms with van der Waals surface area (Å²) in [5.41, 5.74) is 13.9. The molecule has 5 rings (SSSR count). The summed E-state index contributed by atoms with van der Waals surface area (Å²) in [7, 11) is -4.19. The Morgan fingerprint density at radius 1 is 1.03 bits per heavy atom. The molecule has 1 aliphatic heterocycles. The van der Waals surface area contributed by atoms with Crippen LogP contribution in [0.2, 0.25) is 0 Å². The monoisotopic (exact) mass is 531 g/mol. The fraction of sp³-hybridized carbons (Fsp3) is 0.148. The Morgan fingerprint density at radius 2 is 1.76 bits per heavy atom. The number of hydrogen-bond donors (Lipinski definition) is 3. The molecule has 11 heteroatoms. The van der Waals surface area contributed by atoms with E-state index in [1.165, 1.54) is 41.4 Å². The molecule has 4 aromatic rings. The fourth-order valence-electron chi connectivity index (χ4n) is 4.50. The average Bonchev–Trinajstić information content (AvgIpc) is 3.52. The number of fused-ring (bicyclic) bond motifs is 1. The van der Waals surface area contributed by atoms with Gasteiger partial charge in [0.25, 0.3) is 15.9 Å². The first-order valence-electron chi connectivity index (χ1n) is 11.8. The van der Waals surface area contributed by atoms with Gasteiger partial charge in [0.2, 0.25) is 0 Å². The van der Waals surface area contributed by atoms with Gasteiger partial charge in [0.05, 0.1) is 28.4 Å². The Morgan fingerprint density at radius 3 is 2.45 bits per heavy atom. The topological polar surface area (TPSA) is 161 Å². The van der Waals surface area contributed by atoms with Crippen LogP contribution in [0, 0.1) is 0 Å². The van der Waals surface area contributed by atoms with Crippen LogP contribution >= 0.6 is 0 Å². The molecule has 3 aromatic carbocycles. The number of aromatic amines is 1. The van der Waals surface area contributed by atoms with Gasteiger partial charge in [-0.1, -0.05) is 36.4 Å². The molecular formula is C27H25N5O5S. The standard InChI is InChI=1S/C27H25N5O5S/c1-16(28)25(33)19-7-9-21(22(29)14-19)26(34)31-12-11-18-13-20(8-10-24(18)31)38(36,37)32-15-23(30-27(32)35)17-5-3-2-4-6-17/h2-10,13-16H,11-12,28-29H2,1H3,(H,30,35)/t16-/m0/s1. The van der Waals surface area contributed by atoms with E-state index in [9.17, 15) is 22.8 Å². The van der Waals surface area contributed by atoms with E-state index in [1.807, 2.05) is 6.07 Å². The summed E-state index contributed by atoms with van der Waals surface area (Å²) < 4.78 is 27.3. The van der Waals surface area contributed by atoms with Crippen molar-refractivity contribution >= 4 is 33.1 Å². The fourth-order valence-corrected chi connectivity index (χ4v) is 5.77. The van der Waals surface area contributed by atoms with E-state index in [-0.39, 0.29) is 27.8 Å². The lowest BCUT2D eigenvalue weighted by molar-refractivity contribution is 0.0963. The summed E-state index contributed by atoms with van der Waals surface area (Å²) in [4.78, 5) is 42.0. The van der Waals surface area contributed by atoms with E-state index in [0.717, 1.165) is 0 Å². The van der Waals surface area contributed by atoms with Crippen molar-refractivity contribution in [3.8, 4) is 11.3 Å². The lowest BCUT2D eigenvalue weighted by Crippen LogP contribution is -2.30. The molecule has 0 bridgehead atoms. The van der Waals surface area contributed by atoms with Crippen LogP contribution < -0.4 is 22.1 Å². The molecule has 0 saturated carbocycles. The first kappa shape index (κ1) is 25.2. The minimum Gasteiger partial charge on any atom is -0.398 e. The number of anilines is 2. The van der Waals surface area contributed by atoms with E-state index in [2.05, 4.69) is 4.98 Å². The lowest BCUT2D eigenvalue weighted by Gasteiger charge is -2.19. The molecule has 0 saturated heterocycles. The number of amides is 1. The van der Waals surface area contributed by atoms with Gasteiger partial charge in [-0.05, 0) is 54.8 Å². The number of ketones is 1. The minimum absolute atomic E-state index is 0.0652. The maximum atomic E-state index is 13.3. The Kier molecular flexibility index (Phi) is 6.25. The van der Waals surface area contributed by atoms with Gasteiger partial charge in [0, 0.05) is 23.5 Å². The molecule has 1 amide bonds. The number of hydrogen-bond acceptors (Lipinski definition) is 7. The molecule has 1 aromatic heterocycles. The molecule has 5 N–H and O–H groups in total. The number of carbonyl (C=O) groups is 2. The van der Waals surface area contributed by atoms with E-state index < -0.39 is 21.8 Å². The van der Waals surface area contributed by atoms with Crippen molar-refractivity contribution in [2.24, 2.45) is 5.73 Å². The molecule has 10 nitrogen and oxygen atoms in total. The normalized spacial score (nSPS) is 13.8. The van der Waals surface area contributed by atoms with Gasteiger partial charge >= 0.3 is 5.69 Å². The van der Waals surface area contributed by atoms with Gasteiger partial charge in [-0.25, -0.2) is 13.2 Å². The van der Waals surface area contributed by atoms with Gasteiger partial charge in [0.1, 0.15) is 0 Å². The molecule has 0 fully saturated rings. The number of benzene rings is 3. The summed E-state index contributed by atoms with van der Waals surface area (Å²) in [5.74, 6) is -0.653. The van der Waals surface area contributed by atoms with Crippen molar-refractivity contribution in [1.82, 2.24) is 8.96 Å². The van der Waals surface area contributed by atoms with E-state index in [1.54, 1.807) is 37.3 Å². The third-order valence-corrected chi connectivity index (χ3v) is 8.14. The predicted molar refractivity (Wildman–Crippen MR) is 144 cm³/mol. The molecule has 194 valence electrons. The number of Topliss-reactive ketones (excluding diaryl/α,β-unsaturated/α-hetero) is 1. The summed E-state index contributed by atoms with van der Waals surface area (Å²) in [6.45, 7) is 1.89. The maximum absolute atomic E-state index is 13.3. The molecule has 0 unspecified atom stereocenters. The number of nitrogens with one attached hydrogen (secondary N) is 1. The maximum Gasteiger partial charge on any atom is 0.340 e. The molecule has 0 aliphatic carbocycles. The van der Waals surface area contributed by atoms with Crippen molar-refractivity contribution in [3.63, 3.8) is 0 Å². The van der Waals surface area contributed by atoms with Crippen LogP contribution in [0.25, 0.3) is 11.3 Å². The number of nitrogens with zero attached hydrogens (tertiary/aromatic N) is 2. The molecule has 2 heterocycles. The SMILES string of the molecule is C[C@H](N)C(=O)c1ccc(C(=O)N2CCc3cc(S(=O)(=O)n4cc(-c5ccccc5)[nH]c4=O)ccc32)c(N)c1. The molecule has 38 heavy (non-hydrogen) atoms. The smallest absolute Gasteiger partial charge is 0.340 e. The number of rotatable bonds is 6. The van der Waals surface area contributed by atoms with Crippen LogP contribution in [0.15, 0.2) is 82.6 Å². The highest BCUT2D eigenvalue weighted by atomic mass is 32.2. The first-order chi connectivity index (χ1) is 18.1. The number of aromatic nitrogens is 2. The molecule has 1 aliphatic rings. The van der Waals surface area contributed by atoms with Gasteiger partial charge in [-0.15, -0.1) is 0 Å². The predicted octanol–water partition coefficient (Wildman–Crippen LogP) is 2.40. The van der Waals surface area contributed by atoms with Crippen LogP contribution in [0.5, 0.6) is 0 Å². The average molecular weight is 532 g/mol. The highest BCUT2D eigenvalue weighted by molar-refractivity contribution is 7.90. The summed E-state index contributed by atoms with van der Waals surface area (Å²) in [6, 6.07) is 17.1. The van der Waals surface area contributed by atoms with E-state index >= 15 is 0 Å². The summed E-state index contributed by atoms with van der Waals surface area (Å²) in [6.07, 6.45) is 1.68. The van der Waals surface area contributed by atoms with Crippen molar-refractivity contribution in [3.05, 3.63) is 100 Å². The van der Waals surface area contributed by atoms with Crippen molar-refractivity contribution in [2.45, 2.75) is 24.3 Å². The van der Waals surface area contributed by atoms with Crippen LogP contribution in [0.1, 0.15) is 33.2 Å². The number of carbonyl (C=O) groups excluding carboxylic acids is 2. The highest BCUT2D eigenvalue weighted by Crippen LogP contribution is 2.33. The van der Waals surface area contributed by atoms with Crippen LogP contribution in [-0.2, 0) is 16.4 Å². The second-order valence-corrected chi connectivity index (χ2v) is 10.9. The largest absolute Gasteiger partial charge is 0.398 e. The zero-order valence-electron chi connectivity index (χ0n) is 20.4. The molecule has 1 atom stereocenters. The third-order valence-electron chi connectivity index (χ3n) is 6.50. The van der Waals surface area contributed by atoms with Gasteiger partial charge in [-0.3, -0.25) is 9.59 Å². The third kappa shape index (κ3) is 4.31. The molecule has 0 spiro atoms. The number of nitrogen functional groups attached to an aromatic ring is 1. The van der Waals surface area contributed by atoms with Crippen LogP contribution in [0.3, 0.4) is 0 Å².